The van der Waals surface area contributed by atoms with Gasteiger partial charge in [0.25, 0.3) is 5.56 Å². The Balaban J connectivity index is 2.06. The zero-order valence-corrected chi connectivity index (χ0v) is 13.2. The van der Waals surface area contributed by atoms with Crippen molar-refractivity contribution in [1.29, 1.82) is 0 Å². The molecular formula is C18H15N3O3. The topological polar surface area (TPSA) is 91.8 Å². The van der Waals surface area contributed by atoms with Crippen LogP contribution in [0.1, 0.15) is 45.5 Å². The molecule has 4 rings (SSSR count). The molecule has 6 nitrogen and oxygen atoms in total. The minimum absolute atomic E-state index is 0.417. The van der Waals surface area contributed by atoms with Gasteiger partial charge in [-0.2, -0.15) is 0 Å². The number of rotatable bonds is 1. The van der Waals surface area contributed by atoms with Crippen molar-refractivity contribution >= 4 is 12.2 Å². The lowest BCUT2D eigenvalue weighted by Crippen LogP contribution is -2.27. The number of nitrogens with one attached hydrogen (secondary N) is 2. The number of nitrogens with zero attached hydrogens (tertiary/aromatic N) is 1. The lowest BCUT2D eigenvalue weighted by atomic mass is 9.87. The third-order valence-electron chi connectivity index (χ3n) is 4.18. The van der Waals surface area contributed by atoms with E-state index in [9.17, 15) is 9.59 Å². The molecule has 0 amide bonds. The molecule has 0 aliphatic heterocycles. The van der Waals surface area contributed by atoms with Gasteiger partial charge in [-0.25, -0.2) is 9.78 Å². The Morgan fingerprint density at radius 1 is 1.12 bits per heavy atom. The fraction of sp³-hybridized carbons (Fsp3) is 0.167. The number of aromatic amines is 2. The molecule has 3 aromatic rings. The second-order valence-electron chi connectivity index (χ2n) is 5.91. The standard InChI is InChI=1S/C18H15N3O3/c1-9-3-5-12-11(7-9)4-6-14-16(24-10(2)20-14)15(12)13-8-19-18(23)21-17(13)22/h3-8,15H,1-2H3,(H2,19,21,22,23). The minimum Gasteiger partial charge on any atom is -0.444 e. The second-order valence-corrected chi connectivity index (χ2v) is 5.91. The van der Waals surface area contributed by atoms with Gasteiger partial charge in [-0.05, 0) is 24.1 Å². The Bertz CT molecular complexity index is 1090. The highest BCUT2D eigenvalue weighted by Crippen LogP contribution is 2.38. The van der Waals surface area contributed by atoms with Gasteiger partial charge in [0.2, 0.25) is 0 Å². The molecule has 1 aliphatic rings. The highest BCUT2D eigenvalue weighted by atomic mass is 16.4. The monoisotopic (exact) mass is 321 g/mol. The smallest absolute Gasteiger partial charge is 0.325 e. The number of fused-ring (bicyclic) bond motifs is 2. The van der Waals surface area contributed by atoms with Crippen LogP contribution in [0, 0.1) is 13.8 Å². The van der Waals surface area contributed by atoms with Crippen LogP contribution in [0.5, 0.6) is 0 Å². The van der Waals surface area contributed by atoms with E-state index in [2.05, 4.69) is 21.0 Å². The fourth-order valence-corrected chi connectivity index (χ4v) is 3.14. The van der Waals surface area contributed by atoms with E-state index < -0.39 is 17.2 Å². The molecule has 0 radical (unpaired) electrons. The Labute approximate surface area is 136 Å². The van der Waals surface area contributed by atoms with Crippen molar-refractivity contribution in [2.75, 3.05) is 0 Å². The molecule has 2 heterocycles. The molecule has 1 aromatic carbocycles. The van der Waals surface area contributed by atoms with Crippen LogP contribution in [0.25, 0.3) is 12.2 Å². The Morgan fingerprint density at radius 2 is 1.96 bits per heavy atom. The van der Waals surface area contributed by atoms with Crippen molar-refractivity contribution in [3.63, 3.8) is 0 Å². The van der Waals surface area contributed by atoms with E-state index in [-0.39, 0.29) is 0 Å². The minimum atomic E-state index is -0.534. The predicted molar refractivity (Wildman–Crippen MR) is 90.0 cm³/mol. The van der Waals surface area contributed by atoms with Gasteiger partial charge in [-0.15, -0.1) is 0 Å². The van der Waals surface area contributed by atoms with E-state index in [1.165, 1.54) is 6.20 Å². The number of oxazole rings is 1. The predicted octanol–water partition coefficient (Wildman–Crippen LogP) is 2.33. The summed E-state index contributed by atoms with van der Waals surface area (Å²) in [7, 11) is 0. The largest absolute Gasteiger partial charge is 0.444 e. The molecule has 0 saturated heterocycles. The average Bonchev–Trinajstić information content (AvgIpc) is 2.83. The summed E-state index contributed by atoms with van der Waals surface area (Å²) in [6.07, 6.45) is 5.31. The van der Waals surface area contributed by atoms with E-state index in [1.54, 1.807) is 6.92 Å². The second kappa shape index (κ2) is 5.19. The van der Waals surface area contributed by atoms with Crippen LogP contribution in [0.3, 0.4) is 0 Å². The van der Waals surface area contributed by atoms with Gasteiger partial charge >= 0.3 is 5.69 Å². The molecular weight excluding hydrogens is 306 g/mol. The maximum Gasteiger partial charge on any atom is 0.325 e. The van der Waals surface area contributed by atoms with Crippen LogP contribution in [0.15, 0.2) is 38.4 Å². The van der Waals surface area contributed by atoms with Gasteiger partial charge in [-0.3, -0.25) is 9.78 Å². The molecule has 2 aromatic heterocycles. The van der Waals surface area contributed by atoms with Gasteiger partial charge in [0.05, 0.1) is 5.92 Å². The first-order valence-electron chi connectivity index (χ1n) is 7.61. The molecule has 0 saturated carbocycles. The summed E-state index contributed by atoms with van der Waals surface area (Å²) < 4.78 is 5.82. The molecule has 1 atom stereocenters. The molecule has 120 valence electrons. The quantitative estimate of drug-likeness (QED) is 0.563. The molecule has 1 aliphatic carbocycles. The summed E-state index contributed by atoms with van der Waals surface area (Å²) in [5.41, 5.74) is 3.19. The van der Waals surface area contributed by atoms with E-state index in [1.807, 2.05) is 31.2 Å². The zero-order chi connectivity index (χ0) is 16.8. The number of aryl methyl sites for hydroxylation is 2. The number of hydrogen-bond acceptors (Lipinski definition) is 4. The summed E-state index contributed by atoms with van der Waals surface area (Å²) >= 11 is 0. The first-order valence-corrected chi connectivity index (χ1v) is 7.61. The average molecular weight is 321 g/mol. The van der Waals surface area contributed by atoms with Gasteiger partial charge in [0.1, 0.15) is 11.5 Å². The lowest BCUT2D eigenvalue weighted by Gasteiger charge is -2.16. The third kappa shape index (κ3) is 2.23. The molecule has 0 fully saturated rings. The number of H-pyrrole nitrogens is 2. The van der Waals surface area contributed by atoms with Gasteiger partial charge in [0, 0.05) is 18.7 Å². The SMILES string of the molecule is Cc1ccc2c(c1)C=Cc1nc(C)oc1C2c1c[nH]c(=O)[nH]c1=O. The van der Waals surface area contributed by atoms with E-state index >= 15 is 0 Å². The number of aromatic nitrogens is 3. The zero-order valence-electron chi connectivity index (χ0n) is 13.2. The summed E-state index contributed by atoms with van der Waals surface area (Å²) in [6.45, 7) is 3.79. The van der Waals surface area contributed by atoms with Gasteiger partial charge in [-0.1, -0.05) is 29.8 Å². The molecule has 6 heteroatoms. The lowest BCUT2D eigenvalue weighted by molar-refractivity contribution is 0.468. The molecule has 1 unspecified atom stereocenters. The van der Waals surface area contributed by atoms with Crippen LogP contribution < -0.4 is 11.2 Å². The van der Waals surface area contributed by atoms with E-state index in [0.717, 1.165) is 16.7 Å². The van der Waals surface area contributed by atoms with Crippen LogP contribution in [0.4, 0.5) is 0 Å². The fourth-order valence-electron chi connectivity index (χ4n) is 3.14. The van der Waals surface area contributed by atoms with Crippen molar-refractivity contribution in [2.45, 2.75) is 19.8 Å². The van der Waals surface area contributed by atoms with Crippen LogP contribution >= 0.6 is 0 Å². The highest BCUT2D eigenvalue weighted by molar-refractivity contribution is 5.75. The first-order chi connectivity index (χ1) is 11.5. The Kier molecular flexibility index (Phi) is 3.13. The van der Waals surface area contributed by atoms with Crippen LogP contribution in [0.2, 0.25) is 0 Å². The van der Waals surface area contributed by atoms with Crippen molar-refractivity contribution in [1.82, 2.24) is 15.0 Å². The molecule has 0 bridgehead atoms. The van der Waals surface area contributed by atoms with Crippen molar-refractivity contribution in [2.24, 2.45) is 0 Å². The summed E-state index contributed by atoms with van der Waals surface area (Å²) in [5.74, 6) is 0.697. The van der Waals surface area contributed by atoms with Crippen molar-refractivity contribution in [3.8, 4) is 0 Å². The van der Waals surface area contributed by atoms with E-state index in [4.69, 9.17) is 4.42 Å². The normalized spacial score (nSPS) is 15.7. The van der Waals surface area contributed by atoms with Crippen molar-refractivity contribution < 1.29 is 4.42 Å². The van der Waals surface area contributed by atoms with Crippen LogP contribution in [-0.2, 0) is 0 Å². The van der Waals surface area contributed by atoms with Gasteiger partial charge in [0.15, 0.2) is 5.89 Å². The Morgan fingerprint density at radius 3 is 2.75 bits per heavy atom. The maximum atomic E-state index is 12.4. The number of benzene rings is 1. The Hall–Kier alpha value is -3.15. The highest BCUT2D eigenvalue weighted by Gasteiger charge is 2.30. The summed E-state index contributed by atoms with van der Waals surface area (Å²) in [6, 6.07) is 6.03. The maximum absolute atomic E-state index is 12.4. The number of hydrogen-bond donors (Lipinski definition) is 2. The van der Waals surface area contributed by atoms with Crippen LogP contribution in [-0.4, -0.2) is 15.0 Å². The molecule has 24 heavy (non-hydrogen) atoms. The summed E-state index contributed by atoms with van der Waals surface area (Å²) in [5, 5.41) is 0. The summed E-state index contributed by atoms with van der Waals surface area (Å²) in [4.78, 5) is 33.0. The first kappa shape index (κ1) is 14.4. The molecule has 0 spiro atoms. The molecule has 2 N–H and O–H groups in total. The van der Waals surface area contributed by atoms with Crippen molar-refractivity contribution in [3.05, 3.63) is 84.8 Å². The van der Waals surface area contributed by atoms with E-state index in [0.29, 0.717) is 22.9 Å². The van der Waals surface area contributed by atoms with Gasteiger partial charge < -0.3 is 9.40 Å². The third-order valence-corrected chi connectivity index (χ3v) is 4.18.